The second-order valence-electron chi connectivity index (χ2n) is 2.12. The van der Waals surface area contributed by atoms with Crippen LogP contribution in [0.15, 0.2) is 6.20 Å². The molecule has 0 aromatic carbocycles. The van der Waals surface area contributed by atoms with Crippen molar-refractivity contribution in [3.63, 3.8) is 0 Å². The third-order valence-electron chi connectivity index (χ3n) is 1.40. The Balaban J connectivity index is 3.07. The van der Waals surface area contributed by atoms with Crippen LogP contribution in [0, 0.1) is 11.3 Å². The zero-order chi connectivity index (χ0) is 7.56. The number of hydrogen-bond acceptors (Lipinski definition) is 2. The Labute approximate surface area is 59.9 Å². The smallest absolute Gasteiger partial charge is 0.158 e. The summed E-state index contributed by atoms with van der Waals surface area (Å²) in [5, 5.41) is 8.45. The first-order valence-corrected chi connectivity index (χ1v) is 3.20. The van der Waals surface area contributed by atoms with E-state index in [1.54, 1.807) is 6.20 Å². The van der Waals surface area contributed by atoms with Gasteiger partial charge in [-0.25, -0.2) is 4.98 Å². The molecule has 0 bridgehead atoms. The molecule has 0 atom stereocenters. The van der Waals surface area contributed by atoms with E-state index in [2.05, 4.69) is 4.98 Å². The molecular weight excluding hydrogens is 126 g/mol. The lowest BCUT2D eigenvalue weighted by molar-refractivity contribution is 0.808. The zero-order valence-electron chi connectivity index (χ0n) is 6.13. The maximum atomic E-state index is 8.45. The lowest BCUT2D eigenvalue weighted by Gasteiger charge is -1.92. The van der Waals surface area contributed by atoms with Gasteiger partial charge in [0, 0.05) is 19.7 Å². The van der Waals surface area contributed by atoms with Crippen LogP contribution in [-0.4, -0.2) is 9.55 Å². The lowest BCUT2D eigenvalue weighted by Crippen LogP contribution is -1.93. The van der Waals surface area contributed by atoms with Crippen molar-refractivity contribution in [2.24, 2.45) is 7.05 Å². The number of rotatable bonds is 1. The molecule has 0 unspecified atom stereocenters. The van der Waals surface area contributed by atoms with Crippen molar-refractivity contribution in [1.82, 2.24) is 9.55 Å². The van der Waals surface area contributed by atoms with Gasteiger partial charge in [-0.3, -0.25) is 0 Å². The number of nitrogens with zero attached hydrogens (tertiary/aromatic N) is 3. The van der Waals surface area contributed by atoms with Gasteiger partial charge in [0.2, 0.25) is 0 Å². The van der Waals surface area contributed by atoms with Crippen LogP contribution in [0.5, 0.6) is 0 Å². The summed E-state index contributed by atoms with van der Waals surface area (Å²) in [4.78, 5) is 4.05. The quantitative estimate of drug-likeness (QED) is 0.573. The lowest BCUT2D eigenvalue weighted by atomic mass is 10.5. The highest BCUT2D eigenvalue weighted by Crippen LogP contribution is 1.99. The second-order valence-corrected chi connectivity index (χ2v) is 2.12. The minimum Gasteiger partial charge on any atom is -0.337 e. The molecule has 1 aromatic heterocycles. The first-order chi connectivity index (χ1) is 4.77. The fourth-order valence-electron chi connectivity index (χ4n) is 0.887. The summed E-state index contributed by atoms with van der Waals surface area (Å²) in [5.74, 6) is 0.955. The van der Waals surface area contributed by atoms with Crippen molar-refractivity contribution in [2.45, 2.75) is 13.3 Å². The third kappa shape index (κ3) is 1.01. The monoisotopic (exact) mass is 135 g/mol. The Morgan fingerprint density at radius 3 is 2.80 bits per heavy atom. The largest absolute Gasteiger partial charge is 0.337 e. The molecule has 0 aliphatic carbocycles. The Hall–Kier alpha value is -1.30. The molecule has 3 heteroatoms. The molecule has 52 valence electrons. The van der Waals surface area contributed by atoms with Crippen LogP contribution in [0.1, 0.15) is 18.4 Å². The van der Waals surface area contributed by atoms with Gasteiger partial charge in [-0.05, 0) is 0 Å². The minimum atomic E-state index is 0.499. The topological polar surface area (TPSA) is 41.6 Å². The van der Waals surface area contributed by atoms with Crippen LogP contribution in [0.2, 0.25) is 0 Å². The molecule has 3 nitrogen and oxygen atoms in total. The van der Waals surface area contributed by atoms with E-state index in [1.807, 2.05) is 24.6 Å². The van der Waals surface area contributed by atoms with E-state index >= 15 is 0 Å². The molecule has 1 rings (SSSR count). The summed E-state index contributed by atoms with van der Waals surface area (Å²) < 4.78 is 1.87. The molecule has 0 radical (unpaired) electrons. The summed E-state index contributed by atoms with van der Waals surface area (Å²) in [5.41, 5.74) is 0.499. The van der Waals surface area contributed by atoms with Gasteiger partial charge in [0.25, 0.3) is 0 Å². The van der Waals surface area contributed by atoms with E-state index < -0.39 is 0 Å². The van der Waals surface area contributed by atoms with Crippen LogP contribution in [0.25, 0.3) is 0 Å². The Morgan fingerprint density at radius 2 is 2.50 bits per heavy atom. The molecule has 1 aromatic rings. The Kier molecular flexibility index (Phi) is 1.72. The molecule has 0 aliphatic rings. The van der Waals surface area contributed by atoms with Crippen molar-refractivity contribution in [3.05, 3.63) is 17.7 Å². The number of hydrogen-bond donors (Lipinski definition) is 0. The number of imidazole rings is 1. The van der Waals surface area contributed by atoms with Crippen LogP contribution < -0.4 is 0 Å². The molecular formula is C7H9N3. The maximum absolute atomic E-state index is 8.45. The van der Waals surface area contributed by atoms with Crippen LogP contribution in [-0.2, 0) is 13.5 Å². The third-order valence-corrected chi connectivity index (χ3v) is 1.40. The van der Waals surface area contributed by atoms with Gasteiger partial charge in [0.1, 0.15) is 11.9 Å². The number of aromatic nitrogens is 2. The van der Waals surface area contributed by atoms with Gasteiger partial charge in [0.05, 0.1) is 0 Å². The molecule has 0 saturated carbocycles. The van der Waals surface area contributed by atoms with E-state index in [4.69, 9.17) is 5.26 Å². The van der Waals surface area contributed by atoms with Crippen molar-refractivity contribution in [2.75, 3.05) is 0 Å². The summed E-state index contributed by atoms with van der Waals surface area (Å²) in [7, 11) is 1.90. The highest BCUT2D eigenvalue weighted by atomic mass is 15.0. The second kappa shape index (κ2) is 2.53. The van der Waals surface area contributed by atoms with Crippen molar-refractivity contribution < 1.29 is 0 Å². The first kappa shape index (κ1) is 6.81. The van der Waals surface area contributed by atoms with E-state index in [1.165, 1.54) is 0 Å². The predicted octanol–water partition coefficient (Wildman–Crippen LogP) is 0.854. The Morgan fingerprint density at radius 1 is 1.80 bits per heavy atom. The van der Waals surface area contributed by atoms with E-state index in [-0.39, 0.29) is 0 Å². The number of nitriles is 1. The maximum Gasteiger partial charge on any atom is 0.158 e. The van der Waals surface area contributed by atoms with Crippen molar-refractivity contribution >= 4 is 0 Å². The molecule has 0 amide bonds. The SMILES string of the molecule is CCc1nc(C#N)cn1C. The van der Waals surface area contributed by atoms with E-state index in [9.17, 15) is 0 Å². The minimum absolute atomic E-state index is 0.499. The van der Waals surface area contributed by atoms with Gasteiger partial charge < -0.3 is 4.57 Å². The van der Waals surface area contributed by atoms with Gasteiger partial charge in [-0.2, -0.15) is 5.26 Å². The van der Waals surface area contributed by atoms with Gasteiger partial charge in [-0.15, -0.1) is 0 Å². The summed E-state index contributed by atoms with van der Waals surface area (Å²) >= 11 is 0. The van der Waals surface area contributed by atoms with Crippen molar-refractivity contribution in [3.8, 4) is 6.07 Å². The first-order valence-electron chi connectivity index (χ1n) is 3.20. The summed E-state index contributed by atoms with van der Waals surface area (Å²) in [6.07, 6.45) is 2.61. The van der Waals surface area contributed by atoms with E-state index in [0.29, 0.717) is 5.69 Å². The predicted molar refractivity (Wildman–Crippen MR) is 37.3 cm³/mol. The van der Waals surface area contributed by atoms with Crippen LogP contribution in [0.3, 0.4) is 0 Å². The molecule has 0 N–H and O–H groups in total. The fraction of sp³-hybridized carbons (Fsp3) is 0.429. The van der Waals surface area contributed by atoms with Gasteiger partial charge in [0.15, 0.2) is 5.69 Å². The normalized spacial score (nSPS) is 9.30. The average molecular weight is 135 g/mol. The Bertz CT molecular complexity index is 267. The standard InChI is InChI=1S/C7H9N3/c1-3-7-9-6(4-8)5-10(7)2/h5H,3H2,1-2H3. The van der Waals surface area contributed by atoms with Crippen LogP contribution >= 0.6 is 0 Å². The van der Waals surface area contributed by atoms with Crippen molar-refractivity contribution in [1.29, 1.82) is 5.26 Å². The van der Waals surface area contributed by atoms with Crippen LogP contribution in [0.4, 0.5) is 0 Å². The highest BCUT2D eigenvalue weighted by molar-refractivity contribution is 5.18. The molecule has 0 spiro atoms. The molecule has 0 aliphatic heterocycles. The summed E-state index contributed by atoms with van der Waals surface area (Å²) in [6.45, 7) is 2.02. The number of aryl methyl sites for hydroxylation is 2. The fourth-order valence-corrected chi connectivity index (χ4v) is 0.887. The molecule has 0 fully saturated rings. The zero-order valence-corrected chi connectivity index (χ0v) is 6.13. The van der Waals surface area contributed by atoms with Gasteiger partial charge >= 0.3 is 0 Å². The molecule has 0 saturated heterocycles. The molecule has 10 heavy (non-hydrogen) atoms. The average Bonchev–Trinajstić information content (AvgIpc) is 2.30. The summed E-state index contributed by atoms with van der Waals surface area (Å²) in [6, 6.07) is 1.99. The highest BCUT2D eigenvalue weighted by Gasteiger charge is 1.99. The molecule has 1 heterocycles. The van der Waals surface area contributed by atoms with Gasteiger partial charge in [-0.1, -0.05) is 6.92 Å². The van der Waals surface area contributed by atoms with E-state index in [0.717, 1.165) is 12.2 Å².